The minimum atomic E-state index is -0.196. The maximum Gasteiger partial charge on any atom is 0.307 e. The largest absolute Gasteiger partial charge is 0.431 e. The van der Waals surface area contributed by atoms with Crippen LogP contribution in [0, 0.1) is 34.5 Å². The molecule has 5 nitrogen and oxygen atoms in total. The molecule has 4 aliphatic carbocycles. The van der Waals surface area contributed by atoms with Gasteiger partial charge in [-0.05, 0) is 85.7 Å². The lowest BCUT2D eigenvalue weighted by Crippen LogP contribution is -2.54. The third kappa shape index (κ3) is 2.69. The highest BCUT2D eigenvalue weighted by atomic mass is 16.5. The third-order valence-corrected chi connectivity index (χ3v) is 9.04. The molecule has 0 unspecified atom stereocenters. The van der Waals surface area contributed by atoms with Gasteiger partial charge in [-0.2, -0.15) is 5.10 Å². The normalized spacial score (nSPS) is 40.2. The van der Waals surface area contributed by atoms with Crippen LogP contribution in [0.5, 0.6) is 0 Å². The lowest BCUT2D eigenvalue weighted by Gasteiger charge is -2.59. The number of nitrogens with zero attached hydrogens (tertiary/aromatic N) is 2. The molecule has 0 aliphatic heterocycles. The van der Waals surface area contributed by atoms with Gasteiger partial charge >= 0.3 is 5.97 Å². The molecule has 0 aromatic carbocycles. The molecule has 0 N–H and O–H groups in total. The number of carbonyl (C=O) groups excluding carboxylic acids is 2. The number of rotatable bonds is 1. The molecular formula is C24H32N2O3. The molecule has 4 aliphatic rings. The van der Waals surface area contributed by atoms with Crippen LogP contribution in [0.25, 0.3) is 0 Å². The highest BCUT2D eigenvalue weighted by Gasteiger charge is 2.59. The SMILES string of the molecule is CC(=O)OC1=CC[C@H]2[C@@H]3CC[C@H]4Cc5nn(C(C)=O)cc5C[C@]4(C)[C@H]3CC[C@]12C. The summed E-state index contributed by atoms with van der Waals surface area (Å²) in [5, 5.41) is 4.59. The Hall–Kier alpha value is -1.91. The first-order valence-electron chi connectivity index (χ1n) is 11.2. The number of carbonyl (C=O) groups is 2. The van der Waals surface area contributed by atoms with E-state index in [-0.39, 0.29) is 22.7 Å². The van der Waals surface area contributed by atoms with E-state index in [1.807, 2.05) is 6.20 Å². The van der Waals surface area contributed by atoms with E-state index < -0.39 is 0 Å². The third-order valence-electron chi connectivity index (χ3n) is 9.04. The van der Waals surface area contributed by atoms with Gasteiger partial charge in [-0.1, -0.05) is 13.8 Å². The van der Waals surface area contributed by atoms with Gasteiger partial charge in [-0.3, -0.25) is 9.59 Å². The summed E-state index contributed by atoms with van der Waals surface area (Å²) in [4.78, 5) is 23.4. The van der Waals surface area contributed by atoms with Crippen molar-refractivity contribution < 1.29 is 14.3 Å². The summed E-state index contributed by atoms with van der Waals surface area (Å²) in [5.74, 6) is 3.33. The van der Waals surface area contributed by atoms with E-state index in [2.05, 4.69) is 25.0 Å². The van der Waals surface area contributed by atoms with Crippen molar-refractivity contribution in [3.05, 3.63) is 29.3 Å². The van der Waals surface area contributed by atoms with Crippen LogP contribution in [0.15, 0.2) is 18.0 Å². The summed E-state index contributed by atoms with van der Waals surface area (Å²) >= 11 is 0. The summed E-state index contributed by atoms with van der Waals surface area (Å²) in [6, 6.07) is 0. The second-order valence-electron chi connectivity index (χ2n) is 10.5. The highest BCUT2D eigenvalue weighted by Crippen LogP contribution is 2.65. The standard InChI is InChI=1S/C24H32N2O3/c1-14(27)26-13-16-12-24(4)17(11-21(16)25-26)5-6-18-19-7-8-22(29-15(2)28)23(19,3)10-9-20(18)24/h8,13,17-20H,5-7,9-12H2,1-4H3/t17-,18-,19-,20-,23-,24-/m0/s1. The molecule has 156 valence electrons. The summed E-state index contributed by atoms with van der Waals surface area (Å²) in [6.07, 6.45) is 12.0. The van der Waals surface area contributed by atoms with Crippen molar-refractivity contribution in [3.63, 3.8) is 0 Å². The van der Waals surface area contributed by atoms with Crippen molar-refractivity contribution in [2.24, 2.45) is 34.5 Å². The van der Waals surface area contributed by atoms with Crippen LogP contribution < -0.4 is 0 Å². The van der Waals surface area contributed by atoms with E-state index in [9.17, 15) is 9.59 Å². The molecule has 2 saturated carbocycles. The van der Waals surface area contributed by atoms with Crippen LogP contribution in [-0.4, -0.2) is 21.7 Å². The second kappa shape index (κ2) is 6.29. The van der Waals surface area contributed by atoms with Crippen molar-refractivity contribution in [2.75, 3.05) is 0 Å². The van der Waals surface area contributed by atoms with Gasteiger partial charge in [0.1, 0.15) is 5.76 Å². The van der Waals surface area contributed by atoms with Gasteiger partial charge in [-0.15, -0.1) is 0 Å². The monoisotopic (exact) mass is 396 g/mol. The topological polar surface area (TPSA) is 61.2 Å². The first-order chi connectivity index (χ1) is 13.7. The number of allylic oxidation sites excluding steroid dienone is 2. The Morgan fingerprint density at radius 2 is 1.97 bits per heavy atom. The quantitative estimate of drug-likeness (QED) is 0.653. The van der Waals surface area contributed by atoms with E-state index in [1.165, 1.54) is 36.4 Å². The Kier molecular flexibility index (Phi) is 4.14. The van der Waals surface area contributed by atoms with Gasteiger partial charge in [0.2, 0.25) is 5.91 Å². The molecule has 5 heteroatoms. The molecule has 1 heterocycles. The Morgan fingerprint density at radius 1 is 1.17 bits per heavy atom. The smallest absolute Gasteiger partial charge is 0.307 e. The van der Waals surface area contributed by atoms with Gasteiger partial charge in [-0.25, -0.2) is 4.68 Å². The number of fused-ring (bicyclic) bond motifs is 6. The van der Waals surface area contributed by atoms with Gasteiger partial charge in [0.15, 0.2) is 0 Å². The maximum atomic E-state index is 11.8. The predicted molar refractivity (Wildman–Crippen MR) is 109 cm³/mol. The van der Waals surface area contributed by atoms with Crippen LogP contribution in [0.2, 0.25) is 0 Å². The molecule has 6 atom stereocenters. The fourth-order valence-electron chi connectivity index (χ4n) is 7.56. The van der Waals surface area contributed by atoms with Crippen LogP contribution >= 0.6 is 0 Å². The second-order valence-corrected chi connectivity index (χ2v) is 10.5. The zero-order valence-electron chi connectivity index (χ0n) is 18.0. The number of aromatic nitrogens is 2. The van der Waals surface area contributed by atoms with E-state index in [0.29, 0.717) is 23.7 Å². The molecule has 0 spiro atoms. The van der Waals surface area contributed by atoms with Crippen LogP contribution in [-0.2, 0) is 22.4 Å². The van der Waals surface area contributed by atoms with Gasteiger partial charge < -0.3 is 4.74 Å². The van der Waals surface area contributed by atoms with Gasteiger partial charge in [0.25, 0.3) is 0 Å². The first kappa shape index (κ1) is 19.1. The molecule has 1 aromatic rings. The Morgan fingerprint density at radius 3 is 2.69 bits per heavy atom. The highest BCUT2D eigenvalue weighted by molar-refractivity contribution is 5.75. The fraction of sp³-hybridized carbons (Fsp3) is 0.708. The zero-order valence-corrected chi connectivity index (χ0v) is 18.0. The van der Waals surface area contributed by atoms with Gasteiger partial charge in [0.05, 0.1) is 5.69 Å². The Labute approximate surface area is 172 Å². The van der Waals surface area contributed by atoms with E-state index in [1.54, 1.807) is 6.92 Å². The number of hydrogen-bond acceptors (Lipinski definition) is 4. The summed E-state index contributed by atoms with van der Waals surface area (Å²) < 4.78 is 7.18. The molecule has 2 fully saturated rings. The average Bonchev–Trinajstić information content (AvgIpc) is 3.20. The minimum Gasteiger partial charge on any atom is -0.431 e. The summed E-state index contributed by atoms with van der Waals surface area (Å²) in [5.41, 5.74) is 2.70. The van der Waals surface area contributed by atoms with E-state index in [0.717, 1.165) is 37.1 Å². The Bertz CT molecular complexity index is 915. The fourth-order valence-corrected chi connectivity index (χ4v) is 7.56. The van der Waals surface area contributed by atoms with Crippen molar-refractivity contribution in [3.8, 4) is 0 Å². The molecule has 5 rings (SSSR count). The van der Waals surface area contributed by atoms with E-state index >= 15 is 0 Å². The Balaban J connectivity index is 1.44. The van der Waals surface area contributed by atoms with E-state index in [4.69, 9.17) is 4.74 Å². The summed E-state index contributed by atoms with van der Waals surface area (Å²) in [6.45, 7) is 7.91. The van der Waals surface area contributed by atoms with Crippen molar-refractivity contribution in [1.29, 1.82) is 0 Å². The van der Waals surface area contributed by atoms with Crippen LogP contribution in [0.3, 0.4) is 0 Å². The molecular weight excluding hydrogens is 364 g/mol. The first-order valence-corrected chi connectivity index (χ1v) is 11.2. The van der Waals surface area contributed by atoms with Gasteiger partial charge in [0, 0.05) is 25.5 Å². The number of esters is 1. The zero-order chi connectivity index (χ0) is 20.6. The molecule has 0 radical (unpaired) electrons. The van der Waals surface area contributed by atoms with Crippen molar-refractivity contribution in [2.45, 2.75) is 72.6 Å². The minimum absolute atomic E-state index is 0.00568. The number of hydrogen-bond donors (Lipinski definition) is 0. The molecule has 29 heavy (non-hydrogen) atoms. The predicted octanol–water partition coefficient (Wildman–Crippen LogP) is 4.56. The average molecular weight is 397 g/mol. The van der Waals surface area contributed by atoms with Crippen LogP contribution in [0.4, 0.5) is 0 Å². The van der Waals surface area contributed by atoms with Crippen LogP contribution in [0.1, 0.15) is 75.9 Å². The maximum absolute atomic E-state index is 11.8. The van der Waals surface area contributed by atoms with Crippen molar-refractivity contribution >= 4 is 11.9 Å². The molecule has 0 amide bonds. The lowest BCUT2D eigenvalue weighted by molar-refractivity contribution is -0.141. The molecule has 0 saturated heterocycles. The number of ether oxygens (including phenoxy) is 1. The molecule has 0 bridgehead atoms. The lowest BCUT2D eigenvalue weighted by atomic mass is 9.45. The molecule has 1 aromatic heterocycles. The summed E-state index contributed by atoms with van der Waals surface area (Å²) in [7, 11) is 0. The van der Waals surface area contributed by atoms with Crippen molar-refractivity contribution in [1.82, 2.24) is 9.78 Å².